The lowest BCUT2D eigenvalue weighted by Crippen LogP contribution is -2.30. The number of para-hydroxylation sites is 2. The number of amides is 1. The Balaban J connectivity index is 1.68. The Bertz CT molecular complexity index is 965. The van der Waals surface area contributed by atoms with E-state index in [4.69, 9.17) is 22.2 Å². The van der Waals surface area contributed by atoms with Crippen molar-refractivity contribution in [3.63, 3.8) is 0 Å². The third kappa shape index (κ3) is 5.42. The summed E-state index contributed by atoms with van der Waals surface area (Å²) in [5.41, 5.74) is 0.566. The first-order valence-electron chi connectivity index (χ1n) is 9.05. The number of nitrogens with one attached hydrogen (secondary N) is 1. The Morgan fingerprint density at radius 2 is 1.86 bits per heavy atom. The Morgan fingerprint density at radius 1 is 1.17 bits per heavy atom. The summed E-state index contributed by atoms with van der Waals surface area (Å²) in [4.78, 5) is 12.8. The van der Waals surface area contributed by atoms with Crippen molar-refractivity contribution in [2.75, 3.05) is 11.2 Å². The maximum Gasteiger partial charge on any atom is 0.238 e. The molecule has 0 saturated carbocycles. The summed E-state index contributed by atoms with van der Waals surface area (Å²) in [6.07, 6.45) is 0. The first-order valence-corrected chi connectivity index (χ1v) is 10.3. The van der Waals surface area contributed by atoms with Gasteiger partial charge >= 0.3 is 0 Å². The van der Waals surface area contributed by atoms with Gasteiger partial charge in [-0.3, -0.25) is 4.79 Å². The van der Waals surface area contributed by atoms with Gasteiger partial charge in [0.15, 0.2) is 5.82 Å². The van der Waals surface area contributed by atoms with E-state index in [2.05, 4.69) is 15.5 Å². The van der Waals surface area contributed by atoms with E-state index in [0.717, 1.165) is 0 Å². The van der Waals surface area contributed by atoms with Crippen LogP contribution in [0.3, 0.4) is 0 Å². The predicted octanol–water partition coefficient (Wildman–Crippen LogP) is 3.98. The molecule has 1 atom stereocenters. The highest BCUT2D eigenvalue weighted by Gasteiger charge is 2.27. The number of halogens is 1. The number of nitrogens with two attached hydrogens (primary N) is 1. The molecule has 0 bridgehead atoms. The van der Waals surface area contributed by atoms with E-state index in [9.17, 15) is 4.79 Å². The van der Waals surface area contributed by atoms with Crippen LogP contribution in [0.25, 0.3) is 0 Å². The normalized spacial score (nSPS) is 12.0. The summed E-state index contributed by atoms with van der Waals surface area (Å²) in [6.45, 7) is 4.09. The maximum absolute atomic E-state index is 12.8. The number of aromatic nitrogens is 3. The zero-order valence-electron chi connectivity index (χ0n) is 16.1. The highest BCUT2D eigenvalue weighted by atomic mass is 35.5. The van der Waals surface area contributed by atoms with Crippen LogP contribution in [0.2, 0.25) is 5.02 Å². The van der Waals surface area contributed by atoms with Gasteiger partial charge < -0.3 is 15.9 Å². The molecule has 1 heterocycles. The Hall–Kier alpha value is -2.71. The summed E-state index contributed by atoms with van der Waals surface area (Å²) in [5, 5.41) is 11.6. The second-order valence-electron chi connectivity index (χ2n) is 6.62. The van der Waals surface area contributed by atoms with Gasteiger partial charge in [0, 0.05) is 0 Å². The number of ether oxygens (including phenoxy) is 1. The molecule has 1 unspecified atom stereocenters. The first kappa shape index (κ1) is 21.0. The lowest BCUT2D eigenvalue weighted by atomic mass is 10.1. The molecule has 9 heteroatoms. The van der Waals surface area contributed by atoms with Crippen LogP contribution in [0.15, 0.2) is 59.8 Å². The molecular weight excluding hydrogens is 410 g/mol. The Labute approximate surface area is 178 Å². The lowest BCUT2D eigenvalue weighted by molar-refractivity contribution is -0.116. The van der Waals surface area contributed by atoms with Gasteiger partial charge in [0.05, 0.1) is 16.0 Å². The van der Waals surface area contributed by atoms with Crippen molar-refractivity contribution in [2.45, 2.75) is 30.9 Å². The second kappa shape index (κ2) is 9.67. The molecule has 0 aliphatic carbocycles. The van der Waals surface area contributed by atoms with Crippen molar-refractivity contribution >= 4 is 35.0 Å². The van der Waals surface area contributed by atoms with E-state index in [0.29, 0.717) is 27.4 Å². The van der Waals surface area contributed by atoms with E-state index in [-0.39, 0.29) is 18.4 Å². The van der Waals surface area contributed by atoms with E-state index in [1.807, 2.05) is 56.3 Å². The third-order valence-electron chi connectivity index (χ3n) is 4.07. The van der Waals surface area contributed by atoms with Gasteiger partial charge in [-0.05, 0) is 30.2 Å². The highest BCUT2D eigenvalue weighted by Crippen LogP contribution is 2.29. The number of hydrogen-bond donors (Lipinski definition) is 2. The topological polar surface area (TPSA) is 95.1 Å². The average molecular weight is 432 g/mol. The van der Waals surface area contributed by atoms with Gasteiger partial charge in [0.1, 0.15) is 12.4 Å². The molecule has 0 aliphatic rings. The van der Waals surface area contributed by atoms with Crippen LogP contribution >= 0.6 is 23.4 Å². The van der Waals surface area contributed by atoms with Crippen LogP contribution in [-0.2, 0) is 11.4 Å². The number of hydrogen-bond acceptors (Lipinski definition) is 6. The molecule has 0 aliphatic heterocycles. The molecule has 0 radical (unpaired) electrons. The first-order chi connectivity index (χ1) is 14.0. The average Bonchev–Trinajstić information content (AvgIpc) is 3.06. The van der Waals surface area contributed by atoms with Gasteiger partial charge in [-0.2, -0.15) is 0 Å². The Morgan fingerprint density at radius 3 is 2.55 bits per heavy atom. The smallest absolute Gasteiger partial charge is 0.238 e. The number of benzene rings is 2. The van der Waals surface area contributed by atoms with E-state index < -0.39 is 5.25 Å². The molecular formula is C20H22ClN5O2S. The van der Waals surface area contributed by atoms with Crippen molar-refractivity contribution in [3.8, 4) is 5.75 Å². The van der Waals surface area contributed by atoms with Gasteiger partial charge in [-0.25, -0.2) is 4.68 Å². The van der Waals surface area contributed by atoms with Gasteiger partial charge in [0.2, 0.25) is 11.1 Å². The number of thioether (sulfide) groups is 1. The zero-order valence-corrected chi connectivity index (χ0v) is 17.7. The van der Waals surface area contributed by atoms with Crippen LogP contribution < -0.4 is 15.9 Å². The number of carbonyl (C=O) groups is 1. The number of rotatable bonds is 8. The van der Waals surface area contributed by atoms with Crippen LogP contribution in [0.4, 0.5) is 5.69 Å². The molecule has 3 N–H and O–H groups in total. The van der Waals surface area contributed by atoms with Crippen molar-refractivity contribution in [1.29, 1.82) is 0 Å². The minimum absolute atomic E-state index is 0.0307. The third-order valence-corrected chi connectivity index (χ3v) is 5.91. The SMILES string of the molecule is CC(C)C(Sc1nnc(COc2ccccc2)n1N)C(=O)Nc1ccccc1Cl. The van der Waals surface area contributed by atoms with Crippen molar-refractivity contribution in [3.05, 3.63) is 65.4 Å². The lowest BCUT2D eigenvalue weighted by Gasteiger charge is -2.19. The fraction of sp³-hybridized carbons (Fsp3) is 0.250. The molecule has 0 spiro atoms. The molecule has 2 aromatic carbocycles. The molecule has 7 nitrogen and oxygen atoms in total. The molecule has 1 amide bonds. The molecule has 29 heavy (non-hydrogen) atoms. The van der Waals surface area contributed by atoms with E-state index in [1.54, 1.807) is 12.1 Å². The van der Waals surface area contributed by atoms with Crippen molar-refractivity contribution < 1.29 is 9.53 Å². The summed E-state index contributed by atoms with van der Waals surface area (Å²) in [6, 6.07) is 16.5. The molecule has 3 rings (SSSR count). The van der Waals surface area contributed by atoms with Crippen LogP contribution in [0, 0.1) is 5.92 Å². The molecule has 0 fully saturated rings. The van der Waals surface area contributed by atoms with Crippen LogP contribution in [0.1, 0.15) is 19.7 Å². The largest absolute Gasteiger partial charge is 0.486 e. The minimum Gasteiger partial charge on any atom is -0.486 e. The quantitative estimate of drug-likeness (QED) is 0.413. The Kier molecular flexibility index (Phi) is 7.00. The van der Waals surface area contributed by atoms with Crippen molar-refractivity contribution in [1.82, 2.24) is 14.9 Å². The van der Waals surface area contributed by atoms with Gasteiger partial charge in [0.25, 0.3) is 0 Å². The van der Waals surface area contributed by atoms with Crippen LogP contribution in [0.5, 0.6) is 5.75 Å². The van der Waals surface area contributed by atoms with Gasteiger partial charge in [-0.15, -0.1) is 10.2 Å². The number of anilines is 1. The summed E-state index contributed by atoms with van der Waals surface area (Å²) >= 11 is 7.40. The van der Waals surface area contributed by atoms with Crippen molar-refractivity contribution in [2.24, 2.45) is 5.92 Å². The fourth-order valence-corrected chi connectivity index (χ4v) is 3.68. The number of carbonyl (C=O) groups excluding carboxylic acids is 1. The predicted molar refractivity (Wildman–Crippen MR) is 116 cm³/mol. The molecule has 0 saturated heterocycles. The molecule has 1 aromatic heterocycles. The molecule has 152 valence electrons. The second-order valence-corrected chi connectivity index (χ2v) is 8.14. The summed E-state index contributed by atoms with van der Waals surface area (Å²) in [7, 11) is 0. The maximum atomic E-state index is 12.8. The van der Waals surface area contributed by atoms with E-state index >= 15 is 0 Å². The molecule has 3 aromatic rings. The fourth-order valence-electron chi connectivity index (χ4n) is 2.52. The minimum atomic E-state index is -0.430. The summed E-state index contributed by atoms with van der Waals surface area (Å²) in [5.74, 6) is 7.16. The van der Waals surface area contributed by atoms with E-state index in [1.165, 1.54) is 16.4 Å². The number of nitrogen functional groups attached to an aromatic ring is 1. The van der Waals surface area contributed by atoms with Gasteiger partial charge in [-0.1, -0.05) is 67.5 Å². The monoisotopic (exact) mass is 431 g/mol. The zero-order chi connectivity index (χ0) is 20.8. The summed E-state index contributed by atoms with van der Waals surface area (Å²) < 4.78 is 7.02. The number of nitrogens with zero attached hydrogens (tertiary/aromatic N) is 3. The van der Waals surface area contributed by atoms with Crippen LogP contribution in [-0.4, -0.2) is 26.0 Å². The standard InChI is InChI=1S/C20H22ClN5O2S/c1-13(2)18(19(27)23-16-11-7-6-10-15(16)21)29-20-25-24-17(26(20)22)12-28-14-8-4-3-5-9-14/h3-11,13,18H,12,22H2,1-2H3,(H,23,27). The highest BCUT2D eigenvalue weighted by molar-refractivity contribution is 8.00.